The molecule has 0 aliphatic rings. The van der Waals surface area contributed by atoms with Crippen LogP contribution in [0.1, 0.15) is 19.4 Å². The van der Waals surface area contributed by atoms with Crippen LogP contribution in [0.15, 0.2) is 36.4 Å². The van der Waals surface area contributed by atoms with Crippen LogP contribution in [0.3, 0.4) is 0 Å². The summed E-state index contributed by atoms with van der Waals surface area (Å²) in [5, 5.41) is 2.26. The molecule has 2 aromatic carbocycles. The molecule has 0 aromatic heterocycles. The lowest BCUT2D eigenvalue weighted by Crippen LogP contribution is -2.16. The Morgan fingerprint density at radius 1 is 1.22 bits per heavy atom. The SMILES string of the molecule is CCc1c(OC(=O)C(C)=S)ccc2ccccc12. The molecule has 0 amide bonds. The summed E-state index contributed by atoms with van der Waals surface area (Å²) in [6.07, 6.45) is 0.806. The van der Waals surface area contributed by atoms with E-state index in [-0.39, 0.29) is 4.86 Å². The first-order valence-electron chi connectivity index (χ1n) is 5.87. The van der Waals surface area contributed by atoms with Gasteiger partial charge in [-0.25, -0.2) is 4.79 Å². The third-order valence-corrected chi connectivity index (χ3v) is 3.01. The fourth-order valence-electron chi connectivity index (χ4n) is 1.95. The lowest BCUT2D eigenvalue weighted by molar-refractivity contribution is -0.126. The van der Waals surface area contributed by atoms with Crippen LogP contribution in [0.2, 0.25) is 0 Å². The molecule has 0 atom stereocenters. The molecule has 0 spiro atoms. The minimum atomic E-state index is -0.449. The maximum atomic E-state index is 11.6. The second kappa shape index (κ2) is 5.27. The van der Waals surface area contributed by atoms with Gasteiger partial charge in [0.1, 0.15) is 5.75 Å². The molecule has 0 radical (unpaired) electrons. The van der Waals surface area contributed by atoms with Crippen molar-refractivity contribution in [2.75, 3.05) is 0 Å². The molecule has 0 aliphatic heterocycles. The summed E-state index contributed by atoms with van der Waals surface area (Å²) < 4.78 is 5.33. The zero-order chi connectivity index (χ0) is 13.1. The summed E-state index contributed by atoms with van der Waals surface area (Å²) in [6.45, 7) is 3.62. The summed E-state index contributed by atoms with van der Waals surface area (Å²) in [5.41, 5.74) is 1.04. The van der Waals surface area contributed by atoms with E-state index < -0.39 is 5.97 Å². The van der Waals surface area contributed by atoms with Crippen LogP contribution in [0.5, 0.6) is 5.75 Å². The zero-order valence-corrected chi connectivity index (χ0v) is 11.2. The molecule has 92 valence electrons. The van der Waals surface area contributed by atoms with E-state index in [1.54, 1.807) is 6.92 Å². The first-order valence-corrected chi connectivity index (χ1v) is 6.27. The predicted octanol–water partition coefficient (Wildman–Crippen LogP) is 3.70. The third kappa shape index (κ3) is 2.41. The van der Waals surface area contributed by atoms with E-state index in [4.69, 9.17) is 17.0 Å². The molecule has 2 aromatic rings. The normalized spacial score (nSPS) is 10.3. The molecule has 0 N–H and O–H groups in total. The summed E-state index contributed by atoms with van der Waals surface area (Å²) in [4.78, 5) is 11.8. The number of esters is 1. The van der Waals surface area contributed by atoms with Gasteiger partial charge in [0.15, 0.2) is 0 Å². The molecular formula is C15H14O2S. The second-order valence-corrected chi connectivity index (χ2v) is 4.68. The van der Waals surface area contributed by atoms with Crippen LogP contribution in [0, 0.1) is 0 Å². The quantitative estimate of drug-likeness (QED) is 0.477. The monoisotopic (exact) mass is 258 g/mol. The van der Waals surface area contributed by atoms with Crippen molar-refractivity contribution in [2.24, 2.45) is 0 Å². The van der Waals surface area contributed by atoms with Crippen LogP contribution in [0.4, 0.5) is 0 Å². The van der Waals surface area contributed by atoms with Gasteiger partial charge < -0.3 is 4.74 Å². The smallest absolute Gasteiger partial charge is 0.350 e. The number of rotatable bonds is 3. The Hall–Kier alpha value is -1.74. The number of carbonyl (C=O) groups excluding carboxylic acids is 1. The van der Waals surface area contributed by atoms with E-state index in [9.17, 15) is 4.79 Å². The molecule has 0 bridgehead atoms. The topological polar surface area (TPSA) is 26.3 Å². The molecule has 0 fully saturated rings. The lowest BCUT2D eigenvalue weighted by atomic mass is 10.0. The number of benzene rings is 2. The van der Waals surface area contributed by atoms with Gasteiger partial charge in [0.2, 0.25) is 0 Å². The Kier molecular flexibility index (Phi) is 3.72. The van der Waals surface area contributed by atoms with Crippen molar-refractivity contribution in [1.82, 2.24) is 0 Å². The Balaban J connectivity index is 2.51. The lowest BCUT2D eigenvalue weighted by Gasteiger charge is -2.11. The van der Waals surface area contributed by atoms with E-state index in [1.807, 2.05) is 43.3 Å². The van der Waals surface area contributed by atoms with E-state index in [2.05, 4.69) is 0 Å². The van der Waals surface area contributed by atoms with Crippen LogP contribution in [0.25, 0.3) is 10.8 Å². The van der Waals surface area contributed by atoms with Gasteiger partial charge in [0, 0.05) is 5.56 Å². The molecule has 0 saturated carbocycles. The van der Waals surface area contributed by atoms with Crippen molar-refractivity contribution < 1.29 is 9.53 Å². The summed E-state index contributed by atoms with van der Waals surface area (Å²) >= 11 is 4.82. The van der Waals surface area contributed by atoms with Crippen LogP contribution >= 0.6 is 12.2 Å². The molecule has 0 saturated heterocycles. The van der Waals surface area contributed by atoms with Crippen LogP contribution in [-0.4, -0.2) is 10.8 Å². The standard InChI is InChI=1S/C15H14O2S/c1-3-12-13-7-5-4-6-11(13)8-9-14(12)17-15(16)10(2)18/h4-9H,3H2,1-2H3. The molecule has 0 heterocycles. The van der Waals surface area contributed by atoms with Crippen LogP contribution < -0.4 is 4.74 Å². The fourth-order valence-corrected chi connectivity index (χ4v) is 1.99. The van der Waals surface area contributed by atoms with Gasteiger partial charge >= 0.3 is 5.97 Å². The first-order chi connectivity index (χ1) is 8.63. The van der Waals surface area contributed by atoms with E-state index >= 15 is 0 Å². The highest BCUT2D eigenvalue weighted by molar-refractivity contribution is 7.82. The third-order valence-electron chi connectivity index (χ3n) is 2.84. The Morgan fingerprint density at radius 2 is 1.94 bits per heavy atom. The van der Waals surface area contributed by atoms with Gasteiger partial charge in [-0.1, -0.05) is 49.5 Å². The number of aryl methyl sites for hydroxylation is 1. The maximum absolute atomic E-state index is 11.6. The molecule has 0 aliphatic carbocycles. The Labute approximate surface area is 112 Å². The van der Waals surface area contributed by atoms with E-state index in [0.717, 1.165) is 22.8 Å². The first kappa shape index (κ1) is 12.7. The second-order valence-electron chi connectivity index (χ2n) is 4.06. The molecule has 0 unspecified atom stereocenters. The van der Waals surface area contributed by atoms with Crippen molar-refractivity contribution in [1.29, 1.82) is 0 Å². The van der Waals surface area contributed by atoms with Gasteiger partial charge in [0.25, 0.3) is 0 Å². The van der Waals surface area contributed by atoms with Gasteiger partial charge in [-0.05, 0) is 30.2 Å². The fraction of sp³-hybridized carbons (Fsp3) is 0.200. The number of carbonyl (C=O) groups is 1. The number of fused-ring (bicyclic) bond motifs is 1. The molecule has 2 nitrogen and oxygen atoms in total. The van der Waals surface area contributed by atoms with E-state index in [1.165, 1.54) is 0 Å². The summed E-state index contributed by atoms with van der Waals surface area (Å²) in [7, 11) is 0. The number of hydrogen-bond donors (Lipinski definition) is 0. The Bertz CT molecular complexity index is 617. The summed E-state index contributed by atoms with van der Waals surface area (Å²) in [6, 6.07) is 11.8. The molecule has 2 rings (SSSR count). The maximum Gasteiger partial charge on any atom is 0.350 e. The predicted molar refractivity (Wildman–Crippen MR) is 77.2 cm³/mol. The minimum absolute atomic E-state index is 0.241. The van der Waals surface area contributed by atoms with Gasteiger partial charge in [-0.3, -0.25) is 0 Å². The van der Waals surface area contributed by atoms with Crippen molar-refractivity contribution in [3.63, 3.8) is 0 Å². The van der Waals surface area contributed by atoms with Crippen LogP contribution in [-0.2, 0) is 11.2 Å². The Morgan fingerprint density at radius 3 is 2.61 bits per heavy atom. The number of thiocarbonyl (C=S) groups is 1. The molecular weight excluding hydrogens is 244 g/mol. The van der Waals surface area contributed by atoms with Crippen molar-refractivity contribution in [3.05, 3.63) is 42.0 Å². The van der Waals surface area contributed by atoms with E-state index in [0.29, 0.717) is 5.75 Å². The summed E-state index contributed by atoms with van der Waals surface area (Å²) in [5.74, 6) is 0.153. The highest BCUT2D eigenvalue weighted by Gasteiger charge is 2.12. The molecule has 18 heavy (non-hydrogen) atoms. The highest BCUT2D eigenvalue weighted by Crippen LogP contribution is 2.28. The van der Waals surface area contributed by atoms with Gasteiger partial charge in [0.05, 0.1) is 4.86 Å². The zero-order valence-electron chi connectivity index (χ0n) is 10.4. The average molecular weight is 258 g/mol. The molecule has 3 heteroatoms. The largest absolute Gasteiger partial charge is 0.422 e. The van der Waals surface area contributed by atoms with Crippen molar-refractivity contribution in [3.8, 4) is 5.75 Å². The van der Waals surface area contributed by atoms with Gasteiger partial charge in [-0.2, -0.15) is 0 Å². The number of hydrogen-bond acceptors (Lipinski definition) is 3. The number of ether oxygens (including phenoxy) is 1. The minimum Gasteiger partial charge on any atom is -0.422 e. The van der Waals surface area contributed by atoms with Crippen molar-refractivity contribution >= 4 is 33.8 Å². The van der Waals surface area contributed by atoms with Crippen molar-refractivity contribution in [2.45, 2.75) is 20.3 Å². The highest BCUT2D eigenvalue weighted by atomic mass is 32.1. The van der Waals surface area contributed by atoms with Gasteiger partial charge in [-0.15, -0.1) is 0 Å². The average Bonchev–Trinajstić information content (AvgIpc) is 2.38.